The first-order valence-corrected chi connectivity index (χ1v) is 7.19. The summed E-state index contributed by atoms with van der Waals surface area (Å²) in [6.07, 6.45) is 13.8. The van der Waals surface area contributed by atoms with Crippen molar-refractivity contribution in [3.63, 3.8) is 0 Å². The molecule has 0 saturated heterocycles. The van der Waals surface area contributed by atoms with Crippen molar-refractivity contribution >= 4 is 5.69 Å². The third kappa shape index (κ3) is 2.74. The summed E-state index contributed by atoms with van der Waals surface area (Å²) in [5, 5.41) is 3.55. The lowest BCUT2D eigenvalue weighted by atomic mass is 9.94. The van der Waals surface area contributed by atoms with Crippen molar-refractivity contribution < 1.29 is 0 Å². The first-order chi connectivity index (χ1) is 9.84. The van der Waals surface area contributed by atoms with Gasteiger partial charge in [-0.1, -0.05) is 12.2 Å². The highest BCUT2D eigenvalue weighted by molar-refractivity contribution is 5.57. The number of anilines is 1. The van der Waals surface area contributed by atoms with E-state index in [0.29, 0.717) is 0 Å². The fraction of sp³-hybridized carbons (Fsp3) is 0.375. The van der Waals surface area contributed by atoms with Crippen LogP contribution in [0, 0.1) is 12.8 Å². The molecule has 0 amide bonds. The van der Waals surface area contributed by atoms with E-state index in [9.17, 15) is 0 Å². The molecule has 0 aliphatic heterocycles. The van der Waals surface area contributed by atoms with Gasteiger partial charge in [-0.2, -0.15) is 0 Å². The summed E-state index contributed by atoms with van der Waals surface area (Å²) in [5.74, 6) is 2.60. The largest absolute Gasteiger partial charge is 0.382 e. The number of rotatable bonds is 4. The number of nitrogens with zero attached hydrogens (tertiary/aromatic N) is 3. The third-order valence-electron chi connectivity index (χ3n) is 3.80. The molecule has 0 fully saturated rings. The van der Waals surface area contributed by atoms with Crippen LogP contribution in [0.15, 0.2) is 42.9 Å². The van der Waals surface area contributed by atoms with Gasteiger partial charge in [0.2, 0.25) is 0 Å². The molecule has 1 aliphatic carbocycles. The Morgan fingerprint density at radius 2 is 2.25 bits per heavy atom. The van der Waals surface area contributed by atoms with Crippen molar-refractivity contribution in [2.75, 3.05) is 11.9 Å². The van der Waals surface area contributed by atoms with Gasteiger partial charge < -0.3 is 5.32 Å². The Labute approximate surface area is 119 Å². The average Bonchev–Trinajstić information content (AvgIpc) is 2.92. The maximum Gasteiger partial charge on any atom is 0.161 e. The molecule has 2 aromatic rings. The van der Waals surface area contributed by atoms with E-state index in [2.05, 4.69) is 33.5 Å². The van der Waals surface area contributed by atoms with Gasteiger partial charge in [0, 0.05) is 25.1 Å². The van der Waals surface area contributed by atoms with Crippen LogP contribution in [0.2, 0.25) is 0 Å². The fourth-order valence-electron chi connectivity index (χ4n) is 2.62. The van der Waals surface area contributed by atoms with Crippen LogP contribution in [0.3, 0.4) is 0 Å². The van der Waals surface area contributed by atoms with E-state index in [1.54, 1.807) is 6.20 Å². The average molecular weight is 268 g/mol. The van der Waals surface area contributed by atoms with Crippen LogP contribution in [-0.4, -0.2) is 21.1 Å². The van der Waals surface area contributed by atoms with Crippen LogP contribution >= 0.6 is 0 Å². The van der Waals surface area contributed by atoms with Gasteiger partial charge in [0.15, 0.2) is 5.82 Å². The molecule has 2 aromatic heterocycles. The van der Waals surface area contributed by atoms with Gasteiger partial charge in [-0.3, -0.25) is 4.57 Å². The minimum atomic E-state index is 0.719. The highest BCUT2D eigenvalue weighted by Gasteiger charge is 2.12. The molecule has 1 unspecified atom stereocenters. The first-order valence-electron chi connectivity index (χ1n) is 7.19. The Kier molecular flexibility index (Phi) is 3.81. The summed E-state index contributed by atoms with van der Waals surface area (Å²) in [6, 6.07) is 4.05. The lowest BCUT2D eigenvalue weighted by Gasteiger charge is -2.20. The maximum absolute atomic E-state index is 4.49. The monoisotopic (exact) mass is 268 g/mol. The van der Waals surface area contributed by atoms with Gasteiger partial charge in [0.1, 0.15) is 5.82 Å². The Morgan fingerprint density at radius 1 is 1.30 bits per heavy atom. The molecule has 20 heavy (non-hydrogen) atoms. The number of aryl methyl sites for hydroxylation is 1. The van der Waals surface area contributed by atoms with E-state index in [1.165, 1.54) is 19.3 Å². The summed E-state index contributed by atoms with van der Waals surface area (Å²) < 4.78 is 2.02. The molecule has 104 valence electrons. The standard InChI is InChI=1S/C16H20N4/c1-13-17-10-11-20(13)16-15(8-5-9-18-16)19-12-14-6-3-2-4-7-14/h2-3,5,8-11,14,19H,4,6-7,12H2,1H3. The topological polar surface area (TPSA) is 42.7 Å². The Hall–Kier alpha value is -2.10. The normalized spacial score (nSPS) is 18.1. The molecule has 0 radical (unpaired) electrons. The fourth-order valence-corrected chi connectivity index (χ4v) is 2.62. The molecule has 1 atom stereocenters. The molecule has 0 bridgehead atoms. The predicted octanol–water partition coefficient (Wildman–Crippen LogP) is 3.34. The summed E-state index contributed by atoms with van der Waals surface area (Å²) in [7, 11) is 0. The zero-order valence-electron chi connectivity index (χ0n) is 11.8. The highest BCUT2D eigenvalue weighted by Crippen LogP contribution is 2.22. The van der Waals surface area contributed by atoms with Gasteiger partial charge >= 0.3 is 0 Å². The van der Waals surface area contributed by atoms with Gasteiger partial charge in [0.25, 0.3) is 0 Å². The van der Waals surface area contributed by atoms with Crippen molar-refractivity contribution in [3.05, 3.63) is 48.7 Å². The summed E-state index contributed by atoms with van der Waals surface area (Å²) in [6.45, 7) is 2.99. The minimum Gasteiger partial charge on any atom is -0.382 e. The first kappa shape index (κ1) is 12.9. The van der Waals surface area contributed by atoms with Crippen molar-refractivity contribution in [2.24, 2.45) is 5.92 Å². The van der Waals surface area contributed by atoms with Gasteiger partial charge in [0.05, 0.1) is 5.69 Å². The Morgan fingerprint density at radius 3 is 3.00 bits per heavy atom. The molecular formula is C16H20N4. The van der Waals surface area contributed by atoms with Crippen molar-refractivity contribution in [1.29, 1.82) is 0 Å². The van der Waals surface area contributed by atoms with E-state index >= 15 is 0 Å². The zero-order valence-corrected chi connectivity index (χ0v) is 11.8. The van der Waals surface area contributed by atoms with E-state index in [0.717, 1.165) is 29.8 Å². The summed E-state index contributed by atoms with van der Waals surface area (Å²) >= 11 is 0. The Balaban J connectivity index is 1.76. The maximum atomic E-state index is 4.49. The smallest absolute Gasteiger partial charge is 0.161 e. The van der Waals surface area contributed by atoms with Crippen molar-refractivity contribution in [1.82, 2.24) is 14.5 Å². The number of allylic oxidation sites excluding steroid dienone is 2. The molecule has 0 aromatic carbocycles. The van der Waals surface area contributed by atoms with E-state index in [-0.39, 0.29) is 0 Å². The van der Waals surface area contributed by atoms with Crippen LogP contribution in [0.25, 0.3) is 5.82 Å². The quantitative estimate of drug-likeness (QED) is 0.865. The molecule has 4 nitrogen and oxygen atoms in total. The lowest BCUT2D eigenvalue weighted by Crippen LogP contribution is -2.16. The van der Waals surface area contributed by atoms with Crippen LogP contribution in [-0.2, 0) is 0 Å². The summed E-state index contributed by atoms with van der Waals surface area (Å²) in [5.41, 5.74) is 1.07. The molecule has 4 heteroatoms. The predicted molar refractivity (Wildman–Crippen MR) is 81.1 cm³/mol. The third-order valence-corrected chi connectivity index (χ3v) is 3.80. The van der Waals surface area contributed by atoms with Crippen LogP contribution in [0.4, 0.5) is 5.69 Å². The molecule has 0 spiro atoms. The number of aromatic nitrogens is 3. The van der Waals surface area contributed by atoms with Gasteiger partial charge in [-0.15, -0.1) is 0 Å². The number of hydrogen-bond acceptors (Lipinski definition) is 3. The number of pyridine rings is 1. The molecule has 0 saturated carbocycles. The Bertz CT molecular complexity index is 600. The number of imidazole rings is 1. The van der Waals surface area contributed by atoms with Crippen LogP contribution < -0.4 is 5.32 Å². The van der Waals surface area contributed by atoms with Crippen molar-refractivity contribution in [3.8, 4) is 5.82 Å². The second kappa shape index (κ2) is 5.90. The lowest BCUT2D eigenvalue weighted by molar-refractivity contribution is 0.504. The van der Waals surface area contributed by atoms with E-state index in [1.807, 2.05) is 30.0 Å². The molecule has 1 aliphatic rings. The van der Waals surface area contributed by atoms with E-state index < -0.39 is 0 Å². The molecule has 3 rings (SSSR count). The number of nitrogens with one attached hydrogen (secondary N) is 1. The van der Waals surface area contributed by atoms with Gasteiger partial charge in [-0.05, 0) is 44.2 Å². The highest BCUT2D eigenvalue weighted by atomic mass is 15.1. The number of hydrogen-bond donors (Lipinski definition) is 1. The SMILES string of the molecule is Cc1nccn1-c1ncccc1NCC1CC=CCC1. The van der Waals surface area contributed by atoms with Gasteiger partial charge in [-0.25, -0.2) is 9.97 Å². The molecule has 2 heterocycles. The molecular weight excluding hydrogens is 248 g/mol. The van der Waals surface area contributed by atoms with Crippen molar-refractivity contribution in [2.45, 2.75) is 26.2 Å². The summed E-state index contributed by atoms with van der Waals surface area (Å²) in [4.78, 5) is 8.76. The van der Waals surface area contributed by atoms with Crippen LogP contribution in [0.5, 0.6) is 0 Å². The second-order valence-electron chi connectivity index (χ2n) is 5.25. The van der Waals surface area contributed by atoms with E-state index in [4.69, 9.17) is 0 Å². The van der Waals surface area contributed by atoms with Crippen LogP contribution in [0.1, 0.15) is 25.1 Å². The second-order valence-corrected chi connectivity index (χ2v) is 5.25. The molecule has 1 N–H and O–H groups in total. The zero-order chi connectivity index (χ0) is 13.8. The minimum absolute atomic E-state index is 0.719.